The molecule has 1 aromatic rings. The second kappa shape index (κ2) is 7.85. The van der Waals surface area contributed by atoms with Gasteiger partial charge in [0.1, 0.15) is 18.2 Å². The second-order valence-electron chi connectivity index (χ2n) is 7.16. The van der Waals surface area contributed by atoms with Gasteiger partial charge in [-0.1, -0.05) is 11.8 Å². The molecule has 1 saturated heterocycles. The lowest BCUT2D eigenvalue weighted by Gasteiger charge is -2.32. The fourth-order valence-corrected chi connectivity index (χ4v) is 4.38. The number of carbonyl (C=O) groups excluding carboxylic acids is 2. The Hall–Kier alpha value is -1.77. The number of pyridine rings is 1. The monoisotopic (exact) mass is 381 g/mol. The minimum Gasteiger partial charge on any atom is -0.435 e. The predicted octanol–water partition coefficient (Wildman–Crippen LogP) is 2.08. The molecule has 1 aliphatic rings. The molecule has 0 saturated carbocycles. The lowest BCUT2D eigenvalue weighted by Crippen LogP contribution is -2.62. The molecular formula is C18H25N2O5S+. The number of quaternary nitrogens is 1. The second-order valence-corrected chi connectivity index (χ2v) is 8.36. The minimum absolute atomic E-state index is 0.116. The SMILES string of the molecule is CC(=O)SCC(C)C(=O)[N@+]1(C(=O)O)CC(O)(Cc2ccncc2)CC1C. The Bertz CT molecular complexity index is 698. The molecule has 3 unspecified atom stereocenters. The quantitative estimate of drug-likeness (QED) is 0.753. The number of hydrogen-bond donors (Lipinski definition) is 2. The van der Waals surface area contributed by atoms with E-state index in [2.05, 4.69) is 4.98 Å². The maximum atomic E-state index is 13.0. The average Bonchev–Trinajstić information content (AvgIpc) is 2.84. The van der Waals surface area contributed by atoms with Gasteiger partial charge in [0.25, 0.3) is 0 Å². The summed E-state index contributed by atoms with van der Waals surface area (Å²) in [5.74, 6) is -0.841. The van der Waals surface area contributed by atoms with Gasteiger partial charge in [-0.3, -0.25) is 9.78 Å². The summed E-state index contributed by atoms with van der Waals surface area (Å²) in [4.78, 5) is 40.2. The normalized spacial score (nSPS) is 29.3. The predicted molar refractivity (Wildman–Crippen MR) is 97.4 cm³/mol. The van der Waals surface area contributed by atoms with E-state index in [1.54, 1.807) is 38.4 Å². The van der Waals surface area contributed by atoms with Crippen molar-refractivity contribution in [1.29, 1.82) is 0 Å². The Morgan fingerprint density at radius 3 is 2.54 bits per heavy atom. The third kappa shape index (κ3) is 4.13. The first-order valence-corrected chi connectivity index (χ1v) is 9.49. The molecule has 2 heterocycles. The molecule has 2 rings (SSSR count). The fourth-order valence-electron chi connectivity index (χ4n) is 3.75. The molecule has 26 heavy (non-hydrogen) atoms. The highest BCUT2D eigenvalue weighted by molar-refractivity contribution is 8.13. The topological polar surface area (TPSA) is 105 Å². The number of carbonyl (C=O) groups is 3. The van der Waals surface area contributed by atoms with Gasteiger partial charge in [-0.25, -0.2) is 4.79 Å². The van der Waals surface area contributed by atoms with E-state index in [1.165, 1.54) is 6.92 Å². The summed E-state index contributed by atoms with van der Waals surface area (Å²) in [5.41, 5.74) is -0.449. The highest BCUT2D eigenvalue weighted by Crippen LogP contribution is 2.38. The lowest BCUT2D eigenvalue weighted by atomic mass is 9.93. The van der Waals surface area contributed by atoms with Crippen molar-refractivity contribution in [2.45, 2.75) is 45.3 Å². The molecule has 2 N–H and O–H groups in total. The van der Waals surface area contributed by atoms with Crippen LogP contribution in [-0.2, 0) is 16.0 Å². The summed E-state index contributed by atoms with van der Waals surface area (Å²) in [5, 5.41) is 20.8. The number of amides is 2. The summed E-state index contributed by atoms with van der Waals surface area (Å²) in [6, 6.07) is 2.98. The first-order valence-electron chi connectivity index (χ1n) is 8.51. The van der Waals surface area contributed by atoms with E-state index in [1.807, 2.05) is 0 Å². The highest BCUT2D eigenvalue weighted by atomic mass is 32.2. The summed E-state index contributed by atoms with van der Waals surface area (Å²) < 4.78 is -0.804. The van der Waals surface area contributed by atoms with E-state index >= 15 is 0 Å². The number of aliphatic hydroxyl groups is 1. The van der Waals surface area contributed by atoms with Crippen LogP contribution >= 0.6 is 11.8 Å². The van der Waals surface area contributed by atoms with Gasteiger partial charge in [0.2, 0.25) is 0 Å². The van der Waals surface area contributed by atoms with Gasteiger partial charge in [-0.15, -0.1) is 0 Å². The number of aromatic nitrogens is 1. The molecule has 1 aliphatic heterocycles. The van der Waals surface area contributed by atoms with Crippen molar-refractivity contribution in [2.24, 2.45) is 5.92 Å². The van der Waals surface area contributed by atoms with E-state index in [0.29, 0.717) is 0 Å². The number of nitrogens with zero attached hydrogens (tertiary/aromatic N) is 2. The molecule has 0 aromatic carbocycles. The molecule has 8 heteroatoms. The minimum atomic E-state index is -1.29. The summed E-state index contributed by atoms with van der Waals surface area (Å²) in [6.07, 6.45) is 2.44. The van der Waals surface area contributed by atoms with Crippen molar-refractivity contribution in [2.75, 3.05) is 12.3 Å². The van der Waals surface area contributed by atoms with Gasteiger partial charge in [0, 0.05) is 37.9 Å². The van der Waals surface area contributed by atoms with Gasteiger partial charge in [-0.2, -0.15) is 9.28 Å². The lowest BCUT2D eigenvalue weighted by molar-refractivity contribution is -0.797. The summed E-state index contributed by atoms with van der Waals surface area (Å²) in [7, 11) is 0. The smallest absolute Gasteiger partial charge is 0.435 e. The van der Waals surface area contributed by atoms with Crippen molar-refractivity contribution >= 4 is 28.9 Å². The van der Waals surface area contributed by atoms with Crippen LogP contribution in [0.3, 0.4) is 0 Å². The van der Waals surface area contributed by atoms with Crippen LogP contribution in [0.15, 0.2) is 24.5 Å². The number of thioether (sulfide) groups is 1. The molecule has 1 aromatic heterocycles. The van der Waals surface area contributed by atoms with Crippen molar-refractivity contribution in [3.63, 3.8) is 0 Å². The van der Waals surface area contributed by atoms with E-state index in [0.717, 1.165) is 17.3 Å². The van der Waals surface area contributed by atoms with Crippen LogP contribution in [0.2, 0.25) is 0 Å². The van der Waals surface area contributed by atoms with Crippen LogP contribution in [0, 0.1) is 5.92 Å². The van der Waals surface area contributed by atoms with E-state index in [9.17, 15) is 24.6 Å². The molecule has 0 aliphatic carbocycles. The first kappa shape index (κ1) is 20.5. The molecule has 1 fully saturated rings. The Labute approximate surface area is 157 Å². The van der Waals surface area contributed by atoms with Gasteiger partial charge in [0.15, 0.2) is 5.12 Å². The van der Waals surface area contributed by atoms with E-state index in [4.69, 9.17) is 0 Å². The molecule has 4 atom stereocenters. The molecule has 2 amide bonds. The van der Waals surface area contributed by atoms with Crippen LogP contribution in [0.25, 0.3) is 0 Å². The van der Waals surface area contributed by atoms with E-state index in [-0.39, 0.29) is 30.3 Å². The van der Waals surface area contributed by atoms with Crippen molar-refractivity contribution < 1.29 is 29.1 Å². The number of carboxylic acid groups (broad SMARTS) is 1. The average molecular weight is 381 g/mol. The summed E-state index contributed by atoms with van der Waals surface area (Å²) in [6.45, 7) is 4.55. The third-order valence-electron chi connectivity index (χ3n) is 4.95. The third-order valence-corrected chi connectivity index (χ3v) is 6.02. The van der Waals surface area contributed by atoms with Crippen molar-refractivity contribution in [1.82, 2.24) is 4.98 Å². The molecule has 0 spiro atoms. The van der Waals surface area contributed by atoms with Crippen LogP contribution in [0.4, 0.5) is 4.79 Å². The number of rotatable bonds is 5. The van der Waals surface area contributed by atoms with Crippen molar-refractivity contribution in [3.8, 4) is 0 Å². The van der Waals surface area contributed by atoms with Crippen LogP contribution < -0.4 is 0 Å². The molecule has 142 valence electrons. The van der Waals surface area contributed by atoms with Gasteiger partial charge in [0.05, 0.1) is 5.92 Å². The molecular weight excluding hydrogens is 356 g/mol. The summed E-state index contributed by atoms with van der Waals surface area (Å²) >= 11 is 1.01. The molecule has 7 nitrogen and oxygen atoms in total. The fraction of sp³-hybridized carbons (Fsp3) is 0.556. The van der Waals surface area contributed by atoms with Gasteiger partial charge in [-0.05, 0) is 31.5 Å². The van der Waals surface area contributed by atoms with Gasteiger partial charge < -0.3 is 10.2 Å². The number of likely N-dealkylation sites (tertiary alicyclic amines) is 1. The van der Waals surface area contributed by atoms with Gasteiger partial charge >= 0.3 is 12.0 Å². The van der Waals surface area contributed by atoms with Crippen LogP contribution in [0.5, 0.6) is 0 Å². The first-order chi connectivity index (χ1) is 12.1. The molecule has 0 bridgehead atoms. The molecule has 0 radical (unpaired) electrons. The van der Waals surface area contributed by atoms with Crippen molar-refractivity contribution in [3.05, 3.63) is 30.1 Å². The Morgan fingerprint density at radius 2 is 2.00 bits per heavy atom. The Kier molecular flexibility index (Phi) is 6.21. The van der Waals surface area contributed by atoms with E-state index < -0.39 is 34.0 Å². The zero-order valence-corrected chi connectivity index (χ0v) is 16.0. The maximum Gasteiger partial charge on any atom is 0.521 e. The standard InChI is InChI=1S/C18H24N2O5S/c1-12(10-26-14(3)21)16(22)20(17(23)24)11-18(25,8-13(20)2)9-15-4-6-19-7-5-15/h4-7,12-13,25H,8-11H2,1-3H3/p+1/t12?,13?,18?,20-/m0/s1. The Morgan fingerprint density at radius 1 is 1.38 bits per heavy atom. The zero-order valence-electron chi connectivity index (χ0n) is 15.2. The van der Waals surface area contributed by atoms with Crippen LogP contribution in [0.1, 0.15) is 32.8 Å². The Balaban J connectivity index is 2.26. The highest BCUT2D eigenvalue weighted by Gasteiger charge is 2.62. The largest absolute Gasteiger partial charge is 0.521 e. The number of hydrogen-bond acceptors (Lipinski definition) is 6. The zero-order chi connectivity index (χ0) is 19.5. The van der Waals surface area contributed by atoms with Crippen LogP contribution in [-0.4, -0.2) is 60.7 Å². The number of imide groups is 1. The maximum absolute atomic E-state index is 13.0.